The van der Waals surface area contributed by atoms with E-state index >= 15 is 0 Å². The van der Waals surface area contributed by atoms with E-state index in [1.165, 1.54) is 0 Å². The summed E-state index contributed by atoms with van der Waals surface area (Å²) in [6.07, 6.45) is 4.99. The van der Waals surface area contributed by atoms with Crippen LogP contribution in [0.4, 0.5) is 0 Å². The molecule has 0 unspecified atom stereocenters. The average molecular weight is 303 g/mol. The third-order valence-corrected chi connectivity index (χ3v) is 3.58. The number of fused-ring (bicyclic) bond motifs is 1. The Kier molecular flexibility index (Phi) is 3.24. The molecule has 23 heavy (non-hydrogen) atoms. The zero-order valence-corrected chi connectivity index (χ0v) is 12.4. The first kappa shape index (κ1) is 13.5. The van der Waals surface area contributed by atoms with E-state index in [-0.39, 0.29) is 0 Å². The number of benzene rings is 1. The second-order valence-corrected chi connectivity index (χ2v) is 5.09. The van der Waals surface area contributed by atoms with Crippen molar-refractivity contribution in [3.8, 4) is 22.8 Å². The fraction of sp³-hybridized carbons (Fsp3) is 0.0556. The summed E-state index contributed by atoms with van der Waals surface area (Å²) in [6.45, 7) is 1.93. The number of hydrogen-bond donors (Lipinski definition) is 0. The summed E-state index contributed by atoms with van der Waals surface area (Å²) in [4.78, 5) is 4.61. The highest BCUT2D eigenvalue weighted by Gasteiger charge is 2.17. The van der Waals surface area contributed by atoms with Crippen LogP contribution in [0.1, 0.15) is 5.69 Å². The Balaban J connectivity index is 1.88. The van der Waals surface area contributed by atoms with Gasteiger partial charge in [-0.15, -0.1) is 0 Å². The van der Waals surface area contributed by atoms with Gasteiger partial charge in [0.05, 0.1) is 29.7 Å². The molecule has 0 N–H and O–H groups in total. The Morgan fingerprint density at radius 2 is 1.87 bits per heavy atom. The monoisotopic (exact) mass is 303 g/mol. The molecule has 0 amide bonds. The Morgan fingerprint density at radius 3 is 2.65 bits per heavy atom. The second kappa shape index (κ2) is 5.53. The highest BCUT2D eigenvalue weighted by atomic mass is 16.5. The van der Waals surface area contributed by atoms with E-state index in [1.807, 2.05) is 49.4 Å². The highest BCUT2D eigenvalue weighted by molar-refractivity contribution is 5.96. The lowest BCUT2D eigenvalue weighted by Crippen LogP contribution is -1.95. The van der Waals surface area contributed by atoms with Gasteiger partial charge in [0.2, 0.25) is 5.88 Å². The van der Waals surface area contributed by atoms with Crippen molar-refractivity contribution in [2.24, 2.45) is 0 Å². The summed E-state index contributed by atoms with van der Waals surface area (Å²) in [5.74, 6) is 1.27. The predicted molar refractivity (Wildman–Crippen MR) is 86.3 cm³/mol. The summed E-state index contributed by atoms with van der Waals surface area (Å²) in [6, 6.07) is 13.3. The summed E-state index contributed by atoms with van der Waals surface area (Å²) < 4.78 is 11.6. The molecular weight excluding hydrogens is 290 g/mol. The molecule has 0 fully saturated rings. The second-order valence-electron chi connectivity index (χ2n) is 5.09. The number of aryl methyl sites for hydroxylation is 1. The Bertz CT molecular complexity index is 950. The molecule has 0 atom stereocenters. The number of hydrogen-bond acceptors (Lipinski definition) is 5. The minimum atomic E-state index is 0.531. The van der Waals surface area contributed by atoms with Crippen LogP contribution >= 0.6 is 0 Å². The van der Waals surface area contributed by atoms with Crippen LogP contribution in [0.25, 0.3) is 22.1 Å². The van der Waals surface area contributed by atoms with Crippen LogP contribution < -0.4 is 4.74 Å². The Labute approximate surface area is 132 Å². The molecule has 5 heteroatoms. The van der Waals surface area contributed by atoms with E-state index in [0.29, 0.717) is 5.88 Å². The lowest BCUT2D eigenvalue weighted by molar-refractivity contribution is 0.467. The zero-order chi connectivity index (χ0) is 15.6. The average Bonchev–Trinajstić information content (AvgIpc) is 3.06. The normalized spacial score (nSPS) is 10.8. The maximum atomic E-state index is 5.92. The van der Waals surface area contributed by atoms with Gasteiger partial charge in [-0.3, -0.25) is 0 Å². The van der Waals surface area contributed by atoms with Crippen molar-refractivity contribution in [2.75, 3.05) is 0 Å². The van der Waals surface area contributed by atoms with E-state index in [1.54, 1.807) is 18.7 Å². The van der Waals surface area contributed by atoms with Gasteiger partial charge in [-0.2, -0.15) is 10.2 Å². The number of ether oxygens (including phenoxy) is 1. The van der Waals surface area contributed by atoms with E-state index in [4.69, 9.17) is 9.15 Å². The molecule has 3 heterocycles. The van der Waals surface area contributed by atoms with Crippen LogP contribution in [-0.4, -0.2) is 15.2 Å². The SMILES string of the molecule is Cc1nc(Oc2ccccc2)c2ccoc2c1-c1ccnnc1. The van der Waals surface area contributed by atoms with Gasteiger partial charge in [0, 0.05) is 11.1 Å². The van der Waals surface area contributed by atoms with Crippen LogP contribution in [0, 0.1) is 6.92 Å². The van der Waals surface area contributed by atoms with Crippen molar-refractivity contribution in [2.45, 2.75) is 6.92 Å². The zero-order valence-electron chi connectivity index (χ0n) is 12.4. The van der Waals surface area contributed by atoms with Crippen molar-refractivity contribution < 1.29 is 9.15 Å². The Hall–Kier alpha value is -3.21. The van der Waals surface area contributed by atoms with Gasteiger partial charge in [-0.25, -0.2) is 4.98 Å². The fourth-order valence-corrected chi connectivity index (χ4v) is 2.56. The standard InChI is InChI=1S/C18H13N3O2/c1-12-16(13-7-9-19-20-11-13)17-15(8-10-22-17)18(21-12)23-14-5-3-2-4-6-14/h2-11H,1H3. The molecule has 5 nitrogen and oxygen atoms in total. The molecule has 1 aromatic carbocycles. The van der Waals surface area contributed by atoms with Crippen molar-refractivity contribution in [3.05, 3.63) is 66.8 Å². The number of aromatic nitrogens is 3. The van der Waals surface area contributed by atoms with Crippen molar-refractivity contribution in [1.29, 1.82) is 0 Å². The van der Waals surface area contributed by atoms with Crippen LogP contribution in [0.5, 0.6) is 11.6 Å². The molecule has 3 aromatic heterocycles. The molecule has 4 aromatic rings. The number of nitrogens with zero attached hydrogens (tertiary/aromatic N) is 3. The van der Waals surface area contributed by atoms with Gasteiger partial charge >= 0.3 is 0 Å². The van der Waals surface area contributed by atoms with Crippen LogP contribution in [0.15, 0.2) is 65.5 Å². The van der Waals surface area contributed by atoms with Crippen LogP contribution in [0.2, 0.25) is 0 Å². The number of para-hydroxylation sites is 1. The van der Waals surface area contributed by atoms with Crippen molar-refractivity contribution in [3.63, 3.8) is 0 Å². The molecule has 4 rings (SSSR count). The van der Waals surface area contributed by atoms with Gasteiger partial charge in [-0.1, -0.05) is 18.2 Å². The summed E-state index contributed by atoms with van der Waals surface area (Å²) in [7, 11) is 0. The van der Waals surface area contributed by atoms with E-state index < -0.39 is 0 Å². The highest BCUT2D eigenvalue weighted by Crippen LogP contribution is 2.37. The molecule has 112 valence electrons. The minimum Gasteiger partial charge on any atom is -0.463 e. The first-order valence-corrected chi connectivity index (χ1v) is 7.21. The molecule has 0 saturated heterocycles. The first-order chi connectivity index (χ1) is 11.3. The minimum absolute atomic E-state index is 0.531. The first-order valence-electron chi connectivity index (χ1n) is 7.21. The van der Waals surface area contributed by atoms with Gasteiger partial charge in [-0.05, 0) is 31.2 Å². The molecular formula is C18H13N3O2. The largest absolute Gasteiger partial charge is 0.463 e. The summed E-state index contributed by atoms with van der Waals surface area (Å²) in [5, 5.41) is 8.57. The quantitative estimate of drug-likeness (QED) is 0.562. The topological polar surface area (TPSA) is 61.0 Å². The Morgan fingerprint density at radius 1 is 1.00 bits per heavy atom. The van der Waals surface area contributed by atoms with Crippen LogP contribution in [-0.2, 0) is 0 Å². The molecule has 0 bridgehead atoms. The van der Waals surface area contributed by atoms with Crippen molar-refractivity contribution >= 4 is 11.0 Å². The molecule has 0 aliphatic rings. The predicted octanol–water partition coefficient (Wildman–Crippen LogP) is 4.39. The summed E-state index contributed by atoms with van der Waals surface area (Å²) >= 11 is 0. The number of pyridine rings is 1. The number of rotatable bonds is 3. The van der Waals surface area contributed by atoms with Gasteiger partial charge in [0.1, 0.15) is 11.3 Å². The van der Waals surface area contributed by atoms with E-state index in [0.717, 1.165) is 33.5 Å². The number of furan rings is 1. The van der Waals surface area contributed by atoms with Gasteiger partial charge in [0.15, 0.2) is 0 Å². The van der Waals surface area contributed by atoms with Gasteiger partial charge < -0.3 is 9.15 Å². The third kappa shape index (κ3) is 2.42. The molecule has 0 aliphatic carbocycles. The third-order valence-electron chi connectivity index (χ3n) is 3.58. The molecule has 0 spiro atoms. The van der Waals surface area contributed by atoms with E-state index in [2.05, 4.69) is 15.2 Å². The van der Waals surface area contributed by atoms with E-state index in [9.17, 15) is 0 Å². The van der Waals surface area contributed by atoms with Crippen LogP contribution in [0.3, 0.4) is 0 Å². The molecule has 0 aliphatic heterocycles. The molecule has 0 saturated carbocycles. The fourth-order valence-electron chi connectivity index (χ4n) is 2.56. The maximum Gasteiger partial charge on any atom is 0.230 e. The smallest absolute Gasteiger partial charge is 0.230 e. The lowest BCUT2D eigenvalue weighted by Gasteiger charge is -2.10. The summed E-state index contributed by atoms with van der Waals surface area (Å²) in [5.41, 5.74) is 3.36. The maximum absolute atomic E-state index is 5.92. The van der Waals surface area contributed by atoms with Gasteiger partial charge in [0.25, 0.3) is 0 Å². The molecule has 0 radical (unpaired) electrons. The van der Waals surface area contributed by atoms with Crippen molar-refractivity contribution in [1.82, 2.24) is 15.2 Å². The lowest BCUT2D eigenvalue weighted by atomic mass is 10.1.